The molecule has 1 aromatic carbocycles. The van der Waals surface area contributed by atoms with Gasteiger partial charge in [0, 0.05) is 23.6 Å². The fraction of sp³-hybridized carbons (Fsp3) is 0.300. The Hall–Kier alpha value is -2.88. The van der Waals surface area contributed by atoms with Crippen molar-refractivity contribution in [2.24, 2.45) is 0 Å². The van der Waals surface area contributed by atoms with Gasteiger partial charge in [-0.1, -0.05) is 36.9 Å². The molecular weight excluding hydrogens is 415 g/mol. The first-order valence-corrected chi connectivity index (χ1v) is 10.2. The average Bonchev–Trinajstić information content (AvgIpc) is 3.09. The Morgan fingerprint density at radius 2 is 1.90 bits per heavy atom. The van der Waals surface area contributed by atoms with E-state index in [4.69, 9.17) is 0 Å². The van der Waals surface area contributed by atoms with Crippen LogP contribution < -0.4 is 5.32 Å². The van der Waals surface area contributed by atoms with Crippen LogP contribution >= 0.6 is 11.8 Å². The second-order valence-electron chi connectivity index (χ2n) is 6.54. The molecule has 0 unspecified atom stereocenters. The Kier molecular flexibility index (Phi) is 6.76. The Bertz CT molecular complexity index is 1020. The number of carbonyl (C=O) groups is 1. The van der Waals surface area contributed by atoms with Crippen molar-refractivity contribution < 1.29 is 18.0 Å². The molecule has 10 heteroatoms. The topological polar surface area (TPSA) is 72.7 Å². The van der Waals surface area contributed by atoms with E-state index in [2.05, 4.69) is 20.5 Å². The zero-order valence-electron chi connectivity index (χ0n) is 16.4. The van der Waals surface area contributed by atoms with Crippen molar-refractivity contribution in [2.45, 2.75) is 38.1 Å². The minimum atomic E-state index is -4.46. The van der Waals surface area contributed by atoms with E-state index in [1.165, 1.54) is 12.4 Å². The summed E-state index contributed by atoms with van der Waals surface area (Å²) < 4.78 is 40.4. The third kappa shape index (κ3) is 5.38. The van der Waals surface area contributed by atoms with Crippen LogP contribution in [0.25, 0.3) is 11.4 Å². The number of para-hydroxylation sites is 1. The lowest BCUT2D eigenvalue weighted by Gasteiger charge is -2.14. The molecule has 0 aliphatic heterocycles. The van der Waals surface area contributed by atoms with Gasteiger partial charge in [-0.2, -0.15) is 13.2 Å². The van der Waals surface area contributed by atoms with E-state index in [1.54, 1.807) is 12.1 Å². The number of aromatic nitrogens is 4. The number of nitrogens with one attached hydrogen (secondary N) is 1. The number of alkyl halides is 3. The normalized spacial score (nSPS) is 11.5. The van der Waals surface area contributed by atoms with Gasteiger partial charge in [-0.05, 0) is 36.6 Å². The molecule has 0 fully saturated rings. The minimum absolute atomic E-state index is 0.0229. The number of nitrogens with zero attached hydrogens (tertiary/aromatic N) is 4. The lowest BCUT2D eigenvalue weighted by molar-refractivity contribution is -0.141. The number of hydrogen-bond acceptors (Lipinski definition) is 5. The first-order chi connectivity index (χ1) is 14.3. The van der Waals surface area contributed by atoms with Gasteiger partial charge in [-0.15, -0.1) is 10.2 Å². The van der Waals surface area contributed by atoms with Crippen molar-refractivity contribution in [1.82, 2.24) is 19.7 Å². The number of thioether (sulfide) groups is 1. The number of aryl methyl sites for hydroxylation is 2. The van der Waals surface area contributed by atoms with Crippen LogP contribution in [0.1, 0.15) is 18.1 Å². The minimum Gasteiger partial charge on any atom is -0.325 e. The van der Waals surface area contributed by atoms with E-state index in [0.717, 1.165) is 39.6 Å². The van der Waals surface area contributed by atoms with E-state index in [1.807, 2.05) is 32.0 Å². The number of benzene rings is 1. The number of rotatable bonds is 7. The zero-order chi connectivity index (χ0) is 21.7. The van der Waals surface area contributed by atoms with E-state index in [0.29, 0.717) is 5.56 Å². The van der Waals surface area contributed by atoms with Crippen LogP contribution in [0.15, 0.2) is 47.9 Å². The van der Waals surface area contributed by atoms with Crippen LogP contribution in [0.4, 0.5) is 18.9 Å². The molecule has 158 valence electrons. The Morgan fingerprint density at radius 3 is 2.57 bits per heavy atom. The van der Waals surface area contributed by atoms with E-state index in [9.17, 15) is 18.0 Å². The maximum atomic E-state index is 13.1. The molecule has 0 saturated heterocycles. The van der Waals surface area contributed by atoms with E-state index >= 15 is 0 Å². The van der Waals surface area contributed by atoms with Crippen molar-refractivity contribution in [1.29, 1.82) is 0 Å². The predicted molar refractivity (Wildman–Crippen MR) is 109 cm³/mol. The summed E-state index contributed by atoms with van der Waals surface area (Å²) in [6.45, 7) is 2.63. The smallest absolute Gasteiger partial charge is 0.325 e. The molecule has 0 aliphatic rings. The van der Waals surface area contributed by atoms with Gasteiger partial charge >= 0.3 is 6.18 Å². The van der Waals surface area contributed by atoms with Gasteiger partial charge in [0.2, 0.25) is 5.91 Å². The number of carbonyl (C=O) groups excluding carboxylic acids is 1. The Labute approximate surface area is 175 Å². The highest BCUT2D eigenvalue weighted by molar-refractivity contribution is 7.99. The van der Waals surface area contributed by atoms with Gasteiger partial charge in [0.05, 0.1) is 5.75 Å². The van der Waals surface area contributed by atoms with Crippen molar-refractivity contribution >= 4 is 23.4 Å². The quantitative estimate of drug-likeness (QED) is 0.553. The molecule has 2 heterocycles. The summed E-state index contributed by atoms with van der Waals surface area (Å²) in [5, 5.41) is 10.7. The summed E-state index contributed by atoms with van der Waals surface area (Å²) in [6, 6.07) is 8.85. The van der Waals surface area contributed by atoms with Crippen molar-refractivity contribution in [3.8, 4) is 11.4 Å². The molecule has 0 saturated carbocycles. The summed E-state index contributed by atoms with van der Waals surface area (Å²) in [6.07, 6.45) is -0.774. The number of halogens is 3. The van der Waals surface area contributed by atoms with Crippen LogP contribution in [0.5, 0.6) is 0 Å². The molecule has 0 atom stereocenters. The van der Waals surface area contributed by atoms with Gasteiger partial charge in [0.1, 0.15) is 6.54 Å². The molecule has 1 N–H and O–H groups in total. The number of anilines is 1. The van der Waals surface area contributed by atoms with Gasteiger partial charge < -0.3 is 5.32 Å². The standard InChI is InChI=1S/C20H20F3N5OS/c1-3-14-6-4-5-13(2)17(14)25-16(29)11-30-19-27-26-18(15-7-9-24-10-8-15)28(19)12-20(21,22)23/h4-10H,3,11-12H2,1-2H3,(H,25,29). The third-order valence-corrected chi connectivity index (χ3v) is 5.30. The SMILES string of the molecule is CCc1cccc(C)c1NC(=O)CSc1nnc(-c2ccncc2)n1CC(F)(F)F. The van der Waals surface area contributed by atoms with Crippen LogP contribution in [0.3, 0.4) is 0 Å². The molecule has 6 nitrogen and oxygen atoms in total. The maximum absolute atomic E-state index is 13.1. The van der Waals surface area contributed by atoms with Crippen LogP contribution in [0.2, 0.25) is 0 Å². The van der Waals surface area contributed by atoms with Crippen LogP contribution in [0, 0.1) is 6.92 Å². The van der Waals surface area contributed by atoms with Gasteiger partial charge in [-0.3, -0.25) is 14.3 Å². The Balaban J connectivity index is 1.78. The predicted octanol–water partition coefficient (Wildman–Crippen LogP) is 4.50. The molecular formula is C20H20F3N5OS. The monoisotopic (exact) mass is 435 g/mol. The average molecular weight is 435 g/mol. The van der Waals surface area contributed by atoms with Crippen LogP contribution in [-0.2, 0) is 17.8 Å². The highest BCUT2D eigenvalue weighted by atomic mass is 32.2. The molecule has 3 rings (SSSR count). The molecule has 30 heavy (non-hydrogen) atoms. The molecule has 0 bridgehead atoms. The van der Waals surface area contributed by atoms with Crippen LogP contribution in [-0.4, -0.2) is 37.6 Å². The first-order valence-electron chi connectivity index (χ1n) is 9.20. The molecule has 2 aromatic heterocycles. The van der Waals surface area contributed by atoms with Gasteiger partial charge in [-0.25, -0.2) is 0 Å². The molecule has 1 amide bonds. The molecule has 3 aromatic rings. The van der Waals surface area contributed by atoms with Gasteiger partial charge in [0.25, 0.3) is 0 Å². The summed E-state index contributed by atoms with van der Waals surface area (Å²) >= 11 is 0.912. The lowest BCUT2D eigenvalue weighted by atomic mass is 10.1. The summed E-state index contributed by atoms with van der Waals surface area (Å²) in [5.41, 5.74) is 3.12. The van der Waals surface area contributed by atoms with Crippen molar-refractivity contribution in [3.05, 3.63) is 53.9 Å². The molecule has 0 radical (unpaired) electrons. The zero-order valence-corrected chi connectivity index (χ0v) is 17.2. The lowest BCUT2D eigenvalue weighted by Crippen LogP contribution is -2.20. The number of amides is 1. The largest absolute Gasteiger partial charge is 0.406 e. The highest BCUT2D eigenvalue weighted by Crippen LogP contribution is 2.28. The second kappa shape index (κ2) is 9.29. The first kappa shape index (κ1) is 21.8. The van der Waals surface area contributed by atoms with Crippen molar-refractivity contribution in [2.75, 3.05) is 11.1 Å². The third-order valence-electron chi connectivity index (χ3n) is 4.33. The summed E-state index contributed by atoms with van der Waals surface area (Å²) in [4.78, 5) is 16.3. The van der Waals surface area contributed by atoms with E-state index < -0.39 is 12.7 Å². The fourth-order valence-electron chi connectivity index (χ4n) is 2.94. The maximum Gasteiger partial charge on any atom is 0.406 e. The second-order valence-corrected chi connectivity index (χ2v) is 7.49. The summed E-state index contributed by atoms with van der Waals surface area (Å²) in [7, 11) is 0. The number of pyridine rings is 1. The summed E-state index contributed by atoms with van der Waals surface area (Å²) in [5.74, 6) is -0.343. The fourth-order valence-corrected chi connectivity index (χ4v) is 3.68. The molecule has 0 spiro atoms. The highest BCUT2D eigenvalue weighted by Gasteiger charge is 2.31. The Morgan fingerprint density at radius 1 is 1.17 bits per heavy atom. The molecule has 0 aliphatic carbocycles. The van der Waals surface area contributed by atoms with Crippen molar-refractivity contribution in [3.63, 3.8) is 0 Å². The van der Waals surface area contributed by atoms with Gasteiger partial charge in [0.15, 0.2) is 11.0 Å². The van der Waals surface area contributed by atoms with E-state index in [-0.39, 0.29) is 22.6 Å². The number of hydrogen-bond donors (Lipinski definition) is 1.